The molecule has 4 aliphatic rings. The van der Waals surface area contributed by atoms with Gasteiger partial charge in [-0.2, -0.15) is 0 Å². The molecular formula is C20H28BFN2O2. The molecule has 0 aliphatic carbocycles. The molecule has 5 rings (SSSR count). The maximum atomic E-state index is 15.8. The Labute approximate surface area is 155 Å². The van der Waals surface area contributed by atoms with Crippen LogP contribution >= 0.6 is 0 Å². The van der Waals surface area contributed by atoms with E-state index in [0.717, 1.165) is 43.6 Å². The minimum Gasteiger partial charge on any atom is -0.398 e. The van der Waals surface area contributed by atoms with Crippen molar-refractivity contribution in [2.45, 2.75) is 51.7 Å². The molecule has 0 radical (unpaired) electrons. The molecule has 140 valence electrons. The molecule has 4 nitrogen and oxygen atoms in total. The molecule has 26 heavy (non-hydrogen) atoms. The standard InChI is InChI=1S/C20H28BFN2O2/c1-19(2)20(3,4)26-21(25-19)18(22)17(15-5-9-23-10-6-15)16-13-24-11-7-14(16)8-12-24/h5-6,9-10,14,16H,7-8,11-13H2,1-4H3. The molecule has 0 amide bonds. The predicted octanol–water partition coefficient (Wildman–Crippen LogP) is 3.74. The summed E-state index contributed by atoms with van der Waals surface area (Å²) in [5, 5.41) is 0. The fourth-order valence-corrected chi connectivity index (χ4v) is 4.43. The molecule has 1 unspecified atom stereocenters. The molecule has 1 aromatic rings. The second kappa shape index (κ2) is 6.43. The summed E-state index contributed by atoms with van der Waals surface area (Å²) in [6, 6.07) is 3.80. The van der Waals surface area contributed by atoms with Crippen LogP contribution in [-0.4, -0.2) is 47.8 Å². The Morgan fingerprint density at radius 2 is 1.69 bits per heavy atom. The van der Waals surface area contributed by atoms with Crippen molar-refractivity contribution < 1.29 is 13.7 Å². The Morgan fingerprint density at radius 3 is 2.19 bits per heavy atom. The zero-order valence-electron chi connectivity index (χ0n) is 16.2. The number of piperidine rings is 3. The molecule has 4 aliphatic heterocycles. The number of fused-ring (bicyclic) bond motifs is 3. The topological polar surface area (TPSA) is 34.6 Å². The first kappa shape index (κ1) is 18.1. The van der Waals surface area contributed by atoms with Crippen LogP contribution in [0.1, 0.15) is 46.1 Å². The van der Waals surface area contributed by atoms with Crippen molar-refractivity contribution >= 4 is 12.7 Å². The van der Waals surface area contributed by atoms with Crippen LogP contribution in [0.5, 0.6) is 0 Å². The van der Waals surface area contributed by atoms with Gasteiger partial charge >= 0.3 is 7.12 Å². The lowest BCUT2D eigenvalue weighted by Crippen LogP contribution is -2.48. The highest BCUT2D eigenvalue weighted by Crippen LogP contribution is 2.45. The number of hydrogen-bond donors (Lipinski definition) is 0. The fraction of sp³-hybridized carbons (Fsp3) is 0.650. The van der Waals surface area contributed by atoms with E-state index in [4.69, 9.17) is 9.31 Å². The van der Waals surface area contributed by atoms with Crippen molar-refractivity contribution in [2.75, 3.05) is 19.6 Å². The summed E-state index contributed by atoms with van der Waals surface area (Å²) < 4.78 is 27.9. The third-order valence-electron chi connectivity index (χ3n) is 6.74. The first-order valence-electron chi connectivity index (χ1n) is 9.66. The molecule has 6 heteroatoms. The summed E-state index contributed by atoms with van der Waals surface area (Å²) in [6.45, 7) is 11.0. The monoisotopic (exact) mass is 358 g/mol. The normalized spacial score (nSPS) is 33.3. The first-order chi connectivity index (χ1) is 12.3. The van der Waals surface area contributed by atoms with Gasteiger partial charge in [-0.25, -0.2) is 4.39 Å². The highest BCUT2D eigenvalue weighted by molar-refractivity contribution is 6.55. The Kier molecular flexibility index (Phi) is 4.49. The number of pyridine rings is 1. The molecule has 4 fully saturated rings. The summed E-state index contributed by atoms with van der Waals surface area (Å²) in [6.07, 6.45) is 5.73. The quantitative estimate of drug-likeness (QED) is 0.771. The van der Waals surface area contributed by atoms with Gasteiger partial charge in [0.15, 0.2) is 0 Å². The summed E-state index contributed by atoms with van der Waals surface area (Å²) in [5.74, 6) is 0.704. The largest absolute Gasteiger partial charge is 0.525 e. The molecule has 0 spiro atoms. The third kappa shape index (κ3) is 3.02. The van der Waals surface area contributed by atoms with Gasteiger partial charge in [0, 0.05) is 24.9 Å². The number of halogens is 1. The van der Waals surface area contributed by atoms with Gasteiger partial charge in [-0.15, -0.1) is 0 Å². The smallest absolute Gasteiger partial charge is 0.398 e. The van der Waals surface area contributed by atoms with Gasteiger partial charge in [-0.1, -0.05) is 0 Å². The van der Waals surface area contributed by atoms with Crippen LogP contribution in [-0.2, 0) is 9.31 Å². The van der Waals surface area contributed by atoms with Crippen molar-refractivity contribution in [1.82, 2.24) is 9.88 Å². The van der Waals surface area contributed by atoms with Gasteiger partial charge in [-0.05, 0) is 82.8 Å². The van der Waals surface area contributed by atoms with Crippen molar-refractivity contribution in [3.8, 4) is 0 Å². The van der Waals surface area contributed by atoms with E-state index in [1.54, 1.807) is 12.4 Å². The minimum absolute atomic E-state index is 0.180. The molecule has 0 aromatic carbocycles. The summed E-state index contributed by atoms with van der Waals surface area (Å²) in [4.78, 5) is 6.55. The van der Waals surface area contributed by atoms with E-state index < -0.39 is 18.3 Å². The summed E-state index contributed by atoms with van der Waals surface area (Å²) in [7, 11) is -0.946. The lowest BCUT2D eigenvalue weighted by Gasteiger charge is -2.46. The van der Waals surface area contributed by atoms with Gasteiger partial charge < -0.3 is 14.2 Å². The van der Waals surface area contributed by atoms with E-state index in [0.29, 0.717) is 5.92 Å². The van der Waals surface area contributed by atoms with Crippen LogP contribution < -0.4 is 0 Å². The maximum Gasteiger partial charge on any atom is 0.525 e. The lowest BCUT2D eigenvalue weighted by atomic mass is 9.69. The van der Waals surface area contributed by atoms with E-state index in [1.165, 1.54) is 0 Å². The van der Waals surface area contributed by atoms with Gasteiger partial charge in [0.25, 0.3) is 0 Å². The summed E-state index contributed by atoms with van der Waals surface area (Å²) in [5.41, 5.74) is 0.279. The Morgan fingerprint density at radius 1 is 1.12 bits per heavy atom. The molecule has 4 saturated heterocycles. The van der Waals surface area contributed by atoms with Gasteiger partial charge in [0.2, 0.25) is 0 Å². The number of hydrogen-bond acceptors (Lipinski definition) is 4. The van der Waals surface area contributed by atoms with E-state index >= 15 is 4.39 Å². The molecule has 1 aromatic heterocycles. The Balaban J connectivity index is 1.74. The third-order valence-corrected chi connectivity index (χ3v) is 6.74. The molecule has 0 saturated carbocycles. The fourth-order valence-electron chi connectivity index (χ4n) is 4.43. The molecular weight excluding hydrogens is 330 g/mol. The number of nitrogens with zero attached hydrogens (tertiary/aromatic N) is 2. The van der Waals surface area contributed by atoms with Crippen LogP contribution in [0.3, 0.4) is 0 Å². The van der Waals surface area contributed by atoms with Crippen LogP contribution in [0.2, 0.25) is 0 Å². The number of rotatable bonds is 3. The highest BCUT2D eigenvalue weighted by atomic mass is 19.1. The second-order valence-corrected chi connectivity index (χ2v) is 8.83. The average molecular weight is 358 g/mol. The SMILES string of the molecule is CC1(C)OB(C(F)=C(c2ccncc2)C2CN3CCC2CC3)OC1(C)C. The van der Waals surface area contributed by atoms with Crippen molar-refractivity contribution in [3.05, 3.63) is 35.8 Å². The molecule has 1 atom stereocenters. The highest BCUT2D eigenvalue weighted by Gasteiger charge is 2.54. The lowest BCUT2D eigenvalue weighted by molar-refractivity contribution is 0.00578. The second-order valence-electron chi connectivity index (χ2n) is 8.83. The average Bonchev–Trinajstić information content (AvgIpc) is 2.85. The zero-order chi connectivity index (χ0) is 18.5. The van der Waals surface area contributed by atoms with Gasteiger partial charge in [-0.3, -0.25) is 4.98 Å². The van der Waals surface area contributed by atoms with Crippen LogP contribution in [0, 0.1) is 11.8 Å². The zero-order valence-corrected chi connectivity index (χ0v) is 16.2. The minimum atomic E-state index is -0.946. The Bertz CT molecular complexity index is 683. The van der Waals surface area contributed by atoms with Crippen LogP contribution in [0.4, 0.5) is 4.39 Å². The van der Waals surface area contributed by atoms with Crippen molar-refractivity contribution in [2.24, 2.45) is 11.8 Å². The first-order valence-corrected chi connectivity index (χ1v) is 9.66. The van der Waals surface area contributed by atoms with Crippen LogP contribution in [0.25, 0.3) is 5.57 Å². The molecule has 5 heterocycles. The number of aromatic nitrogens is 1. The van der Waals surface area contributed by atoms with E-state index in [-0.39, 0.29) is 11.6 Å². The van der Waals surface area contributed by atoms with Crippen molar-refractivity contribution in [3.63, 3.8) is 0 Å². The van der Waals surface area contributed by atoms with E-state index in [2.05, 4.69) is 9.88 Å². The van der Waals surface area contributed by atoms with Gasteiger partial charge in [0.05, 0.1) is 11.2 Å². The van der Waals surface area contributed by atoms with Crippen LogP contribution in [0.15, 0.2) is 30.3 Å². The van der Waals surface area contributed by atoms with Crippen molar-refractivity contribution in [1.29, 1.82) is 0 Å². The van der Waals surface area contributed by atoms with E-state index in [9.17, 15) is 0 Å². The maximum absolute atomic E-state index is 15.8. The molecule has 0 N–H and O–H groups in total. The van der Waals surface area contributed by atoms with E-state index in [1.807, 2.05) is 39.8 Å². The molecule has 2 bridgehead atoms. The summed E-state index contributed by atoms with van der Waals surface area (Å²) >= 11 is 0. The van der Waals surface area contributed by atoms with Gasteiger partial charge in [0.1, 0.15) is 5.73 Å². The predicted molar refractivity (Wildman–Crippen MR) is 101 cm³/mol. The Hall–Kier alpha value is -1.24.